The molecule has 0 aromatic heterocycles. The topological polar surface area (TPSA) is 64.6 Å². The Morgan fingerprint density at radius 3 is 1.95 bits per heavy atom. The van der Waals surface area contributed by atoms with Crippen molar-refractivity contribution in [3.8, 4) is 0 Å². The highest BCUT2D eigenvalue weighted by Gasteiger charge is 2.34. The van der Waals surface area contributed by atoms with E-state index in [0.29, 0.717) is 0 Å². The van der Waals surface area contributed by atoms with Crippen LogP contribution in [0.3, 0.4) is 0 Å². The van der Waals surface area contributed by atoms with Gasteiger partial charge in [-0.2, -0.15) is 0 Å². The second-order valence-corrected chi connectivity index (χ2v) is 7.49. The predicted molar refractivity (Wildman–Crippen MR) is 83.5 cm³/mol. The maximum absolute atomic E-state index is 14.3. The summed E-state index contributed by atoms with van der Waals surface area (Å²) >= 11 is 5.69. The molecular weight excluding hydrogens is 313 g/mol. The maximum Gasteiger partial charge on any atom is 0.408 e. The number of esters is 1. The van der Waals surface area contributed by atoms with E-state index in [9.17, 15) is 14.0 Å². The number of carbonyl (C=O) groups excluding carboxylic acids is 2. The van der Waals surface area contributed by atoms with E-state index >= 15 is 0 Å². The first-order valence-corrected chi connectivity index (χ1v) is 7.30. The van der Waals surface area contributed by atoms with Crippen LogP contribution in [0.1, 0.15) is 48.5 Å². The first-order chi connectivity index (χ1) is 9.62. The van der Waals surface area contributed by atoms with Gasteiger partial charge in [0.2, 0.25) is 5.13 Å². The van der Waals surface area contributed by atoms with Gasteiger partial charge in [-0.1, -0.05) is 11.6 Å². The Bertz CT molecular complexity index is 436. The number of hydrogen-bond acceptors (Lipinski definition) is 4. The Morgan fingerprint density at radius 1 is 1.09 bits per heavy atom. The second kappa shape index (κ2) is 7.31. The highest BCUT2D eigenvalue weighted by atomic mass is 35.5. The Hall–Kier alpha value is -1.30. The summed E-state index contributed by atoms with van der Waals surface area (Å²) in [5.74, 6) is -0.723. The molecule has 7 heteroatoms. The van der Waals surface area contributed by atoms with Crippen molar-refractivity contribution in [3.05, 3.63) is 12.2 Å². The average Bonchev–Trinajstić information content (AvgIpc) is 2.21. The molecule has 0 spiro atoms. The number of rotatable bonds is 4. The zero-order valence-corrected chi connectivity index (χ0v) is 14.9. The molecule has 0 aromatic rings. The Balaban J connectivity index is 4.66. The van der Waals surface area contributed by atoms with E-state index in [-0.39, 0.29) is 0 Å². The Labute approximate surface area is 136 Å². The number of alkyl carbamates (subject to hydrolysis) is 1. The van der Waals surface area contributed by atoms with Crippen LogP contribution in [0.5, 0.6) is 0 Å². The molecule has 1 N–H and O–H groups in total. The average molecular weight is 338 g/mol. The number of amides is 1. The van der Waals surface area contributed by atoms with Crippen LogP contribution >= 0.6 is 11.6 Å². The van der Waals surface area contributed by atoms with Crippen LogP contribution in [0.4, 0.5) is 9.18 Å². The smallest absolute Gasteiger partial charge is 0.408 e. The van der Waals surface area contributed by atoms with Crippen LogP contribution < -0.4 is 5.32 Å². The molecule has 1 amide bonds. The molecule has 0 aliphatic heterocycles. The lowest BCUT2D eigenvalue weighted by Crippen LogP contribution is -2.46. The van der Waals surface area contributed by atoms with Gasteiger partial charge >= 0.3 is 12.1 Å². The first-order valence-electron chi connectivity index (χ1n) is 6.92. The summed E-state index contributed by atoms with van der Waals surface area (Å²) in [5, 5.41) is -0.173. The van der Waals surface area contributed by atoms with E-state index in [1.54, 1.807) is 41.5 Å². The monoisotopic (exact) mass is 337 g/mol. The number of carbonyl (C=O) groups is 2. The van der Waals surface area contributed by atoms with Crippen molar-refractivity contribution in [2.45, 2.75) is 70.8 Å². The fourth-order valence-electron chi connectivity index (χ4n) is 1.24. The summed E-state index contributed by atoms with van der Waals surface area (Å²) in [5.41, 5.74) is -1.39. The van der Waals surface area contributed by atoms with E-state index in [4.69, 9.17) is 21.1 Å². The Morgan fingerprint density at radius 2 is 1.55 bits per heavy atom. The largest absolute Gasteiger partial charge is 0.457 e. The lowest BCUT2D eigenvalue weighted by atomic mass is 10.1. The van der Waals surface area contributed by atoms with Crippen molar-refractivity contribution < 1.29 is 23.5 Å². The summed E-state index contributed by atoms with van der Waals surface area (Å²) in [6.07, 6.45) is 0.934. The van der Waals surface area contributed by atoms with Gasteiger partial charge in [-0.3, -0.25) is 0 Å². The van der Waals surface area contributed by atoms with Gasteiger partial charge in [-0.05, 0) is 54.5 Å². The molecule has 0 aromatic carbocycles. The van der Waals surface area contributed by atoms with Gasteiger partial charge in [0.1, 0.15) is 11.2 Å². The van der Waals surface area contributed by atoms with Gasteiger partial charge in [0.15, 0.2) is 0 Å². The zero-order chi connectivity index (χ0) is 17.8. The third-order valence-corrected chi connectivity index (χ3v) is 2.61. The molecule has 0 rings (SSSR count). The standard InChI is InChI=1S/C15H25ClFNO4/c1-10(18-12(20)22-14(5,6)7)15(16,17)9-8-11(19)21-13(2,3)4/h8-10H,1-7H3,(H,18,20)/b9-8+/t10-,15+/m1/s1. The van der Waals surface area contributed by atoms with Crippen LogP contribution in [0.2, 0.25) is 0 Å². The van der Waals surface area contributed by atoms with E-state index in [1.807, 2.05) is 0 Å². The zero-order valence-electron chi connectivity index (χ0n) is 14.1. The number of hydrogen-bond donors (Lipinski definition) is 1. The normalized spacial score (nSPS) is 16.8. The fraction of sp³-hybridized carbons (Fsp3) is 0.733. The second-order valence-electron chi connectivity index (χ2n) is 6.91. The molecule has 0 bridgehead atoms. The molecule has 0 aliphatic rings. The van der Waals surface area contributed by atoms with Crippen LogP contribution in [-0.2, 0) is 14.3 Å². The third kappa shape index (κ3) is 9.60. The Kier molecular flexibility index (Phi) is 6.88. The molecule has 0 saturated heterocycles. The van der Waals surface area contributed by atoms with E-state index in [2.05, 4.69) is 5.32 Å². The van der Waals surface area contributed by atoms with Crippen LogP contribution in [0, 0.1) is 0 Å². The van der Waals surface area contributed by atoms with Gasteiger partial charge in [0, 0.05) is 6.08 Å². The maximum atomic E-state index is 14.3. The van der Waals surface area contributed by atoms with E-state index in [1.165, 1.54) is 6.92 Å². The van der Waals surface area contributed by atoms with Gasteiger partial charge in [-0.25, -0.2) is 14.0 Å². The lowest BCUT2D eigenvalue weighted by molar-refractivity contribution is -0.148. The van der Waals surface area contributed by atoms with Crippen LogP contribution in [-0.4, -0.2) is 34.4 Å². The minimum Gasteiger partial charge on any atom is -0.457 e. The van der Waals surface area contributed by atoms with Gasteiger partial charge in [0.25, 0.3) is 0 Å². The molecule has 0 aliphatic carbocycles. The summed E-state index contributed by atoms with van der Waals surface area (Å²) in [4.78, 5) is 23.1. The highest BCUT2D eigenvalue weighted by molar-refractivity contribution is 6.24. The third-order valence-electron chi connectivity index (χ3n) is 2.16. The molecule has 128 valence electrons. The van der Waals surface area contributed by atoms with Crippen LogP contribution in [0.15, 0.2) is 12.2 Å². The van der Waals surface area contributed by atoms with Gasteiger partial charge in [-0.15, -0.1) is 0 Å². The predicted octanol–water partition coefficient (Wildman–Crippen LogP) is 3.70. The van der Waals surface area contributed by atoms with E-state index < -0.39 is 34.4 Å². The first kappa shape index (κ1) is 20.7. The molecule has 0 radical (unpaired) electrons. The van der Waals surface area contributed by atoms with Crippen LogP contribution in [0.25, 0.3) is 0 Å². The van der Waals surface area contributed by atoms with E-state index in [0.717, 1.165) is 12.2 Å². The van der Waals surface area contributed by atoms with Gasteiger partial charge < -0.3 is 14.8 Å². The number of alkyl halides is 2. The minimum atomic E-state index is -2.45. The number of nitrogens with one attached hydrogen (secondary N) is 1. The molecule has 22 heavy (non-hydrogen) atoms. The van der Waals surface area contributed by atoms with Crippen molar-refractivity contribution in [1.29, 1.82) is 0 Å². The van der Waals surface area contributed by atoms with Gasteiger partial charge in [0.05, 0.1) is 6.04 Å². The SMILES string of the molecule is C[C@@H](NC(=O)OC(C)(C)C)[C@](F)(Cl)/C=C/C(=O)OC(C)(C)C. The minimum absolute atomic E-state index is 0.687. The van der Waals surface area contributed by atoms with Crippen molar-refractivity contribution in [1.82, 2.24) is 5.32 Å². The molecule has 0 heterocycles. The summed E-state index contributed by atoms with van der Waals surface area (Å²) in [6, 6.07) is -1.11. The molecule has 2 atom stereocenters. The van der Waals surface area contributed by atoms with Crippen molar-refractivity contribution >= 4 is 23.7 Å². The summed E-state index contributed by atoms with van der Waals surface area (Å²) in [6.45, 7) is 11.5. The van der Waals surface area contributed by atoms with Crippen molar-refractivity contribution in [3.63, 3.8) is 0 Å². The molecule has 5 nitrogen and oxygen atoms in total. The van der Waals surface area contributed by atoms with Crippen molar-refractivity contribution in [2.75, 3.05) is 0 Å². The number of halogens is 2. The fourth-order valence-corrected chi connectivity index (χ4v) is 1.36. The summed E-state index contributed by atoms with van der Waals surface area (Å²) < 4.78 is 24.3. The lowest BCUT2D eigenvalue weighted by Gasteiger charge is -2.26. The van der Waals surface area contributed by atoms with Crippen molar-refractivity contribution in [2.24, 2.45) is 0 Å². The molecule has 0 fully saturated rings. The highest BCUT2D eigenvalue weighted by Crippen LogP contribution is 2.24. The molecular formula is C15H25ClFNO4. The number of ether oxygens (including phenoxy) is 2. The molecule has 0 saturated carbocycles. The molecule has 0 unspecified atom stereocenters. The summed E-state index contributed by atoms with van der Waals surface area (Å²) in [7, 11) is 0. The quantitative estimate of drug-likeness (QED) is 0.482.